The van der Waals surface area contributed by atoms with Crippen LogP contribution in [0.4, 0.5) is 11.4 Å². The average molecular weight is 541 g/mol. The summed E-state index contributed by atoms with van der Waals surface area (Å²) in [6.45, 7) is 5.70. The smallest absolute Gasteiger partial charge is 0.251 e. The van der Waals surface area contributed by atoms with Crippen LogP contribution in [0.1, 0.15) is 60.3 Å². The van der Waals surface area contributed by atoms with Gasteiger partial charge in [0.15, 0.2) is 0 Å². The van der Waals surface area contributed by atoms with E-state index in [9.17, 15) is 4.79 Å². The van der Waals surface area contributed by atoms with Crippen LogP contribution in [0.3, 0.4) is 0 Å². The zero-order chi connectivity index (χ0) is 27.5. The fourth-order valence-corrected chi connectivity index (χ4v) is 6.26. The number of anilines is 2. The number of carbonyl (C=O) groups is 1. The molecule has 1 aliphatic carbocycles. The molecule has 2 aliphatic heterocycles. The molecule has 4 N–H and O–H groups in total. The van der Waals surface area contributed by atoms with Gasteiger partial charge in [-0.3, -0.25) is 20.1 Å². The molecule has 210 valence electrons. The van der Waals surface area contributed by atoms with Crippen molar-refractivity contribution >= 4 is 23.0 Å². The van der Waals surface area contributed by atoms with E-state index in [1.54, 1.807) is 24.4 Å². The van der Waals surface area contributed by atoms with Crippen molar-refractivity contribution in [3.05, 3.63) is 89.2 Å². The fourth-order valence-electron chi connectivity index (χ4n) is 6.26. The average Bonchev–Trinajstić information content (AvgIpc) is 3.51. The summed E-state index contributed by atoms with van der Waals surface area (Å²) in [5, 5.41) is 12.2. The zero-order valence-electron chi connectivity index (χ0n) is 22.9. The Labute approximate surface area is 237 Å². The second-order valence-electron chi connectivity index (χ2n) is 11.2. The summed E-state index contributed by atoms with van der Waals surface area (Å²) < 4.78 is 5.48. The predicted octanol–water partition coefficient (Wildman–Crippen LogP) is 4.51. The van der Waals surface area contributed by atoms with E-state index in [4.69, 9.17) is 15.9 Å². The summed E-state index contributed by atoms with van der Waals surface area (Å²) in [6, 6.07) is 19.6. The standard InChI is InChI=1S/C32H38N6O2.H2/c33-28-13-10-24(32(39)36-31(23-5-1-2-6-23)29-7-3-4-14-35-29)19-27(28)30(34)22-8-11-25(12-9-22)38-20-26(21-38)37-15-17-40-18-16-37;/h3-4,7-14,19,23,26,31,34H,1-2,5-6,15-18,20-21,33H2,(H,36,39);1H/t31-;/m0./s1. The van der Waals surface area contributed by atoms with Gasteiger partial charge in [-0.2, -0.15) is 0 Å². The van der Waals surface area contributed by atoms with Crippen molar-refractivity contribution in [3.63, 3.8) is 0 Å². The Morgan fingerprint density at radius 2 is 1.75 bits per heavy atom. The van der Waals surface area contributed by atoms with E-state index in [0.29, 0.717) is 34.5 Å². The normalized spacial score (nSPS) is 19.2. The quantitative estimate of drug-likeness (QED) is 0.287. The van der Waals surface area contributed by atoms with Crippen molar-refractivity contribution in [3.8, 4) is 0 Å². The summed E-state index contributed by atoms with van der Waals surface area (Å²) >= 11 is 0. The molecule has 1 amide bonds. The highest BCUT2D eigenvalue weighted by Gasteiger charge is 2.33. The van der Waals surface area contributed by atoms with Crippen molar-refractivity contribution < 1.29 is 11.0 Å². The number of hydrogen-bond donors (Lipinski definition) is 3. The molecule has 8 nitrogen and oxygen atoms in total. The van der Waals surface area contributed by atoms with Gasteiger partial charge in [0.25, 0.3) is 5.91 Å². The van der Waals surface area contributed by atoms with Gasteiger partial charge >= 0.3 is 0 Å². The van der Waals surface area contributed by atoms with Crippen LogP contribution in [0.2, 0.25) is 0 Å². The Bertz CT molecular complexity index is 1330. The molecule has 2 aromatic carbocycles. The minimum atomic E-state index is -0.167. The van der Waals surface area contributed by atoms with Crippen molar-refractivity contribution in [2.45, 2.75) is 37.8 Å². The molecule has 1 saturated carbocycles. The molecule has 3 fully saturated rings. The third kappa shape index (κ3) is 5.60. The second-order valence-corrected chi connectivity index (χ2v) is 11.2. The minimum Gasteiger partial charge on any atom is -0.398 e. The lowest BCUT2D eigenvalue weighted by atomic mass is 9.94. The largest absolute Gasteiger partial charge is 0.398 e. The van der Waals surface area contributed by atoms with Crippen molar-refractivity contribution in [2.75, 3.05) is 50.0 Å². The van der Waals surface area contributed by atoms with E-state index in [1.807, 2.05) is 30.3 Å². The van der Waals surface area contributed by atoms with Gasteiger partial charge in [0.2, 0.25) is 0 Å². The zero-order valence-corrected chi connectivity index (χ0v) is 22.9. The summed E-state index contributed by atoms with van der Waals surface area (Å²) in [7, 11) is 0. The number of aromatic nitrogens is 1. The SMILES string of the molecule is N=C(c1ccc(N2CC(N3CCOCC3)C2)cc1)c1cc(C(=O)N[C@H](c2ccccn2)C2CCCC2)ccc1N.[HH]. The Morgan fingerprint density at radius 1 is 1.02 bits per heavy atom. The van der Waals surface area contributed by atoms with Gasteiger partial charge in [0, 0.05) is 67.9 Å². The number of benzene rings is 2. The number of morpholine rings is 1. The molecule has 3 heterocycles. The maximum atomic E-state index is 13.4. The van der Waals surface area contributed by atoms with E-state index in [2.05, 4.69) is 32.2 Å². The number of ether oxygens (including phenoxy) is 1. The van der Waals surface area contributed by atoms with Crippen LogP contribution in [0, 0.1) is 11.3 Å². The molecule has 40 heavy (non-hydrogen) atoms. The first-order chi connectivity index (χ1) is 19.6. The van der Waals surface area contributed by atoms with E-state index in [1.165, 1.54) is 12.8 Å². The lowest BCUT2D eigenvalue weighted by Gasteiger charge is -2.47. The Kier molecular flexibility index (Phi) is 7.80. The summed E-state index contributed by atoms with van der Waals surface area (Å²) in [4.78, 5) is 22.9. The predicted molar refractivity (Wildman–Crippen MR) is 160 cm³/mol. The molecule has 0 spiro atoms. The van der Waals surface area contributed by atoms with E-state index in [-0.39, 0.29) is 13.4 Å². The number of nitrogen functional groups attached to an aromatic ring is 1. The number of pyridine rings is 1. The number of nitrogens with two attached hydrogens (primary N) is 1. The minimum absolute atomic E-state index is 0. The molecule has 1 atom stereocenters. The topological polar surface area (TPSA) is 108 Å². The highest BCUT2D eigenvalue weighted by molar-refractivity contribution is 6.15. The molecule has 8 heteroatoms. The van der Waals surface area contributed by atoms with Crippen LogP contribution in [0.5, 0.6) is 0 Å². The summed E-state index contributed by atoms with van der Waals surface area (Å²) in [5.41, 5.74) is 11.0. The Morgan fingerprint density at radius 3 is 2.45 bits per heavy atom. The third-order valence-corrected chi connectivity index (χ3v) is 8.69. The number of carbonyl (C=O) groups excluding carboxylic acids is 1. The molecule has 3 aliphatic rings. The summed E-state index contributed by atoms with van der Waals surface area (Å²) in [6.07, 6.45) is 6.30. The van der Waals surface area contributed by atoms with Crippen molar-refractivity contribution in [1.82, 2.24) is 15.2 Å². The number of nitrogens with zero attached hydrogens (tertiary/aromatic N) is 3. The first-order valence-corrected chi connectivity index (χ1v) is 14.4. The number of hydrogen-bond acceptors (Lipinski definition) is 7. The molecular weight excluding hydrogens is 500 g/mol. The lowest BCUT2D eigenvalue weighted by Crippen LogP contribution is -2.61. The first-order valence-electron chi connectivity index (χ1n) is 14.4. The third-order valence-electron chi connectivity index (χ3n) is 8.69. The van der Waals surface area contributed by atoms with Gasteiger partial charge in [-0.15, -0.1) is 0 Å². The number of amides is 1. The van der Waals surface area contributed by atoms with Crippen LogP contribution < -0.4 is 16.0 Å². The van der Waals surface area contributed by atoms with E-state index < -0.39 is 0 Å². The Balaban J connectivity index is 0.00000337. The molecular formula is C32H40N6O2. The highest BCUT2D eigenvalue weighted by Crippen LogP contribution is 2.35. The molecule has 2 saturated heterocycles. The van der Waals surface area contributed by atoms with Gasteiger partial charge in [0.05, 0.1) is 30.7 Å². The van der Waals surface area contributed by atoms with Gasteiger partial charge in [-0.05, 0) is 61.2 Å². The maximum Gasteiger partial charge on any atom is 0.251 e. The van der Waals surface area contributed by atoms with Gasteiger partial charge in [-0.1, -0.05) is 31.0 Å². The second kappa shape index (κ2) is 11.8. The van der Waals surface area contributed by atoms with Gasteiger partial charge in [-0.25, -0.2) is 0 Å². The van der Waals surface area contributed by atoms with Crippen LogP contribution in [-0.4, -0.2) is 66.9 Å². The van der Waals surface area contributed by atoms with Crippen LogP contribution >= 0.6 is 0 Å². The molecule has 0 unspecified atom stereocenters. The molecule has 3 aromatic rings. The van der Waals surface area contributed by atoms with Crippen LogP contribution in [0.25, 0.3) is 0 Å². The number of rotatable bonds is 8. The van der Waals surface area contributed by atoms with Gasteiger partial charge in [0.1, 0.15) is 0 Å². The molecule has 0 bridgehead atoms. The lowest BCUT2D eigenvalue weighted by molar-refractivity contribution is 0.0105. The monoisotopic (exact) mass is 540 g/mol. The van der Waals surface area contributed by atoms with Crippen molar-refractivity contribution in [1.29, 1.82) is 5.41 Å². The molecule has 0 radical (unpaired) electrons. The first kappa shape index (κ1) is 26.5. The molecule has 6 rings (SSSR count). The Hall–Kier alpha value is -3.75. The fraction of sp³-hybridized carbons (Fsp3) is 0.406. The van der Waals surface area contributed by atoms with Crippen molar-refractivity contribution in [2.24, 2.45) is 5.92 Å². The van der Waals surface area contributed by atoms with Crippen LogP contribution in [0.15, 0.2) is 66.9 Å². The number of nitrogens with one attached hydrogen (secondary N) is 2. The van der Waals surface area contributed by atoms with E-state index >= 15 is 0 Å². The van der Waals surface area contributed by atoms with Crippen LogP contribution in [-0.2, 0) is 4.74 Å². The van der Waals surface area contributed by atoms with E-state index in [0.717, 1.165) is 69.2 Å². The maximum absolute atomic E-state index is 13.4. The highest BCUT2D eigenvalue weighted by atomic mass is 16.5. The summed E-state index contributed by atoms with van der Waals surface area (Å²) in [5.74, 6) is 0.207. The van der Waals surface area contributed by atoms with Gasteiger partial charge < -0.3 is 20.7 Å². The molecule has 1 aromatic heterocycles.